The van der Waals surface area contributed by atoms with Crippen LogP contribution in [-0.2, 0) is 12.8 Å². The summed E-state index contributed by atoms with van der Waals surface area (Å²) in [5.74, 6) is 2.14. The van der Waals surface area contributed by atoms with Crippen LogP contribution in [0.1, 0.15) is 44.6 Å². The number of thioether (sulfide) groups is 1. The molecule has 3 aromatic rings. The number of hydrogen-bond donors (Lipinski definition) is 0. The predicted octanol–water partition coefficient (Wildman–Crippen LogP) is 6.28. The zero-order valence-corrected chi connectivity index (χ0v) is 20.4. The van der Waals surface area contributed by atoms with Crippen LogP contribution < -0.4 is 10.3 Å². The zero-order valence-electron chi connectivity index (χ0n) is 18.7. The van der Waals surface area contributed by atoms with Crippen LogP contribution in [0.15, 0.2) is 46.9 Å². The molecule has 31 heavy (non-hydrogen) atoms. The van der Waals surface area contributed by atoms with Crippen LogP contribution in [0.5, 0.6) is 5.75 Å². The van der Waals surface area contributed by atoms with Gasteiger partial charge in [0, 0.05) is 10.6 Å². The molecular weight excluding hydrogens is 424 g/mol. The highest BCUT2D eigenvalue weighted by molar-refractivity contribution is 7.99. The fourth-order valence-corrected chi connectivity index (χ4v) is 6.35. The van der Waals surface area contributed by atoms with Crippen LogP contribution in [0.3, 0.4) is 0 Å². The van der Waals surface area contributed by atoms with Crippen molar-refractivity contribution in [3.63, 3.8) is 0 Å². The summed E-state index contributed by atoms with van der Waals surface area (Å²) >= 11 is 3.26. The highest BCUT2D eigenvalue weighted by Gasteiger charge is 2.32. The normalized spacial score (nSPS) is 16.3. The van der Waals surface area contributed by atoms with Gasteiger partial charge in [0.15, 0.2) is 5.16 Å². The molecule has 1 unspecified atom stereocenters. The standard InChI is InChI=1S/C25H30N2O2S2/c1-6-14-30-24-26-22-21(19-13-8-16(25(3,4)5)15-20(19)31-22)23(28)27(24)17-9-11-18(12-10-17)29-7-2/h6,9-12,16H,1,7-8,13-15H2,2-5H3. The zero-order chi connectivity index (χ0) is 22.2. The molecule has 1 aliphatic carbocycles. The van der Waals surface area contributed by atoms with Crippen LogP contribution in [0.4, 0.5) is 0 Å². The summed E-state index contributed by atoms with van der Waals surface area (Å²) < 4.78 is 7.33. The van der Waals surface area contributed by atoms with Crippen LogP contribution >= 0.6 is 23.1 Å². The van der Waals surface area contributed by atoms with Crippen LogP contribution in [0.2, 0.25) is 0 Å². The number of hydrogen-bond acceptors (Lipinski definition) is 5. The number of rotatable bonds is 6. The number of nitrogens with zero attached hydrogens (tertiary/aromatic N) is 2. The average Bonchev–Trinajstić information content (AvgIpc) is 3.10. The van der Waals surface area contributed by atoms with Gasteiger partial charge in [0.2, 0.25) is 0 Å². The first-order valence-electron chi connectivity index (χ1n) is 10.9. The van der Waals surface area contributed by atoms with Crippen molar-refractivity contribution in [2.24, 2.45) is 11.3 Å². The lowest BCUT2D eigenvalue weighted by atomic mass is 9.72. The molecule has 6 heteroatoms. The fourth-order valence-electron chi connectivity index (χ4n) is 4.26. The molecule has 0 saturated carbocycles. The van der Waals surface area contributed by atoms with Gasteiger partial charge in [0.1, 0.15) is 10.6 Å². The lowest BCUT2D eigenvalue weighted by Gasteiger charge is -2.33. The van der Waals surface area contributed by atoms with Crippen molar-refractivity contribution >= 4 is 33.3 Å². The predicted molar refractivity (Wildman–Crippen MR) is 132 cm³/mol. The number of ether oxygens (including phenoxy) is 1. The van der Waals surface area contributed by atoms with Gasteiger partial charge >= 0.3 is 0 Å². The van der Waals surface area contributed by atoms with E-state index in [9.17, 15) is 4.79 Å². The first kappa shape index (κ1) is 22.2. The molecule has 2 heterocycles. The maximum Gasteiger partial charge on any atom is 0.267 e. The van der Waals surface area contributed by atoms with Crippen LogP contribution in [-0.4, -0.2) is 21.9 Å². The number of aryl methyl sites for hydroxylation is 1. The van der Waals surface area contributed by atoms with Crippen molar-refractivity contribution in [3.8, 4) is 11.4 Å². The smallest absolute Gasteiger partial charge is 0.267 e. The minimum atomic E-state index is 0.0347. The first-order valence-corrected chi connectivity index (χ1v) is 12.7. The van der Waals surface area contributed by atoms with Gasteiger partial charge in [0.05, 0.1) is 17.7 Å². The van der Waals surface area contributed by atoms with E-state index in [1.54, 1.807) is 27.7 Å². The minimum absolute atomic E-state index is 0.0347. The van der Waals surface area contributed by atoms with E-state index in [4.69, 9.17) is 9.72 Å². The molecule has 4 rings (SSSR count). The van der Waals surface area contributed by atoms with E-state index in [2.05, 4.69) is 27.4 Å². The van der Waals surface area contributed by atoms with Crippen molar-refractivity contribution in [1.29, 1.82) is 0 Å². The Kier molecular flexibility index (Phi) is 6.31. The number of aromatic nitrogens is 2. The van der Waals surface area contributed by atoms with E-state index in [0.29, 0.717) is 23.4 Å². The minimum Gasteiger partial charge on any atom is -0.494 e. The maximum absolute atomic E-state index is 13.8. The summed E-state index contributed by atoms with van der Waals surface area (Å²) in [5.41, 5.74) is 2.34. The summed E-state index contributed by atoms with van der Waals surface area (Å²) in [4.78, 5) is 21.0. The van der Waals surface area contributed by atoms with Crippen molar-refractivity contribution < 1.29 is 4.74 Å². The van der Waals surface area contributed by atoms with Crippen LogP contribution in [0.25, 0.3) is 15.9 Å². The third kappa shape index (κ3) is 4.33. The van der Waals surface area contributed by atoms with Gasteiger partial charge in [-0.15, -0.1) is 17.9 Å². The quantitative estimate of drug-likeness (QED) is 0.250. The molecule has 1 aromatic carbocycles. The second-order valence-electron chi connectivity index (χ2n) is 9.05. The Morgan fingerprint density at radius 3 is 2.71 bits per heavy atom. The van der Waals surface area contributed by atoms with Gasteiger partial charge < -0.3 is 4.74 Å². The summed E-state index contributed by atoms with van der Waals surface area (Å²) in [6.07, 6.45) is 4.96. The number of thiophene rings is 1. The summed E-state index contributed by atoms with van der Waals surface area (Å²) in [6.45, 7) is 13.4. The summed E-state index contributed by atoms with van der Waals surface area (Å²) in [7, 11) is 0. The largest absolute Gasteiger partial charge is 0.494 e. The molecule has 0 amide bonds. The molecule has 0 radical (unpaired) electrons. The average molecular weight is 455 g/mol. The van der Waals surface area contributed by atoms with E-state index in [1.165, 1.54) is 10.4 Å². The maximum atomic E-state index is 13.8. The Morgan fingerprint density at radius 1 is 1.32 bits per heavy atom. The van der Waals surface area contributed by atoms with Crippen molar-refractivity contribution in [2.75, 3.05) is 12.4 Å². The monoisotopic (exact) mass is 454 g/mol. The molecule has 4 nitrogen and oxygen atoms in total. The van der Waals surface area contributed by atoms with Crippen molar-refractivity contribution in [3.05, 3.63) is 57.7 Å². The Morgan fingerprint density at radius 2 is 2.06 bits per heavy atom. The number of fused-ring (bicyclic) bond motifs is 3. The van der Waals surface area contributed by atoms with Gasteiger partial charge in [-0.1, -0.05) is 38.6 Å². The van der Waals surface area contributed by atoms with E-state index in [1.807, 2.05) is 37.3 Å². The Balaban J connectivity index is 1.86. The molecule has 1 aliphatic rings. The number of benzene rings is 1. The SMILES string of the molecule is C=CCSc1nc2sc3c(c2c(=O)n1-c1ccc(OCC)cc1)CCC(C(C)(C)C)C3. The fraction of sp³-hybridized carbons (Fsp3) is 0.440. The molecule has 0 spiro atoms. The third-order valence-electron chi connectivity index (χ3n) is 6.01. The molecule has 0 aliphatic heterocycles. The Hall–Kier alpha value is -2.05. The van der Waals surface area contributed by atoms with Gasteiger partial charge in [-0.2, -0.15) is 0 Å². The lowest BCUT2D eigenvalue weighted by molar-refractivity contribution is 0.218. The second kappa shape index (κ2) is 8.83. The lowest BCUT2D eigenvalue weighted by Crippen LogP contribution is -2.27. The third-order valence-corrected chi connectivity index (χ3v) is 8.10. The molecule has 0 N–H and O–H groups in total. The van der Waals surface area contributed by atoms with E-state index >= 15 is 0 Å². The second-order valence-corrected chi connectivity index (χ2v) is 11.1. The van der Waals surface area contributed by atoms with E-state index in [-0.39, 0.29) is 11.0 Å². The topological polar surface area (TPSA) is 44.1 Å². The molecule has 0 bridgehead atoms. The van der Waals surface area contributed by atoms with E-state index in [0.717, 1.165) is 40.9 Å². The van der Waals surface area contributed by atoms with Crippen molar-refractivity contribution in [1.82, 2.24) is 9.55 Å². The molecule has 0 saturated heterocycles. The first-order chi connectivity index (χ1) is 14.8. The van der Waals surface area contributed by atoms with Gasteiger partial charge in [0.25, 0.3) is 5.56 Å². The van der Waals surface area contributed by atoms with Gasteiger partial charge in [-0.25, -0.2) is 4.98 Å². The van der Waals surface area contributed by atoms with Gasteiger partial charge in [-0.3, -0.25) is 9.36 Å². The molecule has 0 fully saturated rings. The van der Waals surface area contributed by atoms with Crippen LogP contribution in [0, 0.1) is 11.3 Å². The Labute approximate surface area is 192 Å². The highest BCUT2D eigenvalue weighted by Crippen LogP contribution is 2.42. The summed E-state index contributed by atoms with van der Waals surface area (Å²) in [5, 5.41) is 1.52. The van der Waals surface area contributed by atoms with Gasteiger partial charge in [-0.05, 0) is 67.3 Å². The summed E-state index contributed by atoms with van der Waals surface area (Å²) in [6, 6.07) is 7.70. The highest BCUT2D eigenvalue weighted by atomic mass is 32.2. The molecule has 2 aromatic heterocycles. The Bertz CT molecular complexity index is 1150. The van der Waals surface area contributed by atoms with Crippen molar-refractivity contribution in [2.45, 2.75) is 52.1 Å². The van der Waals surface area contributed by atoms with E-state index < -0.39 is 0 Å². The molecule has 1 atom stereocenters. The molecular formula is C25H30N2O2S2. The molecule has 164 valence electrons.